The van der Waals surface area contributed by atoms with Crippen LogP contribution in [0.3, 0.4) is 0 Å². The van der Waals surface area contributed by atoms with Crippen molar-refractivity contribution in [2.45, 2.75) is 4.34 Å². The summed E-state index contributed by atoms with van der Waals surface area (Å²) >= 11 is 7.43. The van der Waals surface area contributed by atoms with Crippen molar-refractivity contribution in [2.75, 3.05) is 38.0 Å². The quantitative estimate of drug-likeness (QED) is 0.172. The van der Waals surface area contributed by atoms with Gasteiger partial charge in [0.2, 0.25) is 0 Å². The molecule has 39 heavy (non-hydrogen) atoms. The van der Waals surface area contributed by atoms with Gasteiger partial charge in [-0.05, 0) is 36.4 Å². The summed E-state index contributed by atoms with van der Waals surface area (Å²) in [6.07, 6.45) is 0. The molecule has 6 aromatic rings. The molecule has 198 valence electrons. The predicted molar refractivity (Wildman–Crippen MR) is 171 cm³/mol. The Morgan fingerprint density at radius 3 is 2.00 bits per heavy atom. The average molecular weight is 571 g/mol. The molecular weight excluding hydrogens is 541 g/mol. The molecule has 0 aliphatic rings. The molecule has 0 radical (unpaired) electrons. The van der Waals surface area contributed by atoms with E-state index in [4.69, 9.17) is 0 Å². The summed E-state index contributed by atoms with van der Waals surface area (Å²) in [5, 5.41) is 0. The van der Waals surface area contributed by atoms with E-state index in [0.717, 1.165) is 32.3 Å². The number of hydrogen-bond acceptors (Lipinski definition) is 8. The zero-order valence-corrected chi connectivity index (χ0v) is 24.8. The van der Waals surface area contributed by atoms with Gasteiger partial charge in [-0.1, -0.05) is 60.7 Å². The van der Waals surface area contributed by atoms with Gasteiger partial charge in [0, 0.05) is 39.3 Å². The molecule has 2 aromatic heterocycles. The number of benzene rings is 4. The maximum atomic E-state index is 12.7. The van der Waals surface area contributed by atoms with Crippen LogP contribution in [0.5, 0.6) is 0 Å². The zero-order chi connectivity index (χ0) is 27.8. The molecule has 4 aromatic carbocycles. The van der Waals surface area contributed by atoms with Crippen molar-refractivity contribution < 1.29 is 4.79 Å². The Hall–Kier alpha value is -3.72. The number of anilines is 2. The van der Waals surface area contributed by atoms with Crippen molar-refractivity contribution in [1.29, 1.82) is 0 Å². The van der Waals surface area contributed by atoms with Crippen LogP contribution in [0.2, 0.25) is 0 Å². The first-order chi connectivity index (χ1) is 18.8. The second kappa shape index (κ2) is 13.4. The summed E-state index contributed by atoms with van der Waals surface area (Å²) in [6.45, 7) is 0. The fourth-order valence-electron chi connectivity index (χ4n) is 3.95. The number of carbonyl (C=O) groups is 1. The Bertz CT molecular complexity index is 1600. The third kappa shape index (κ3) is 7.23. The Balaban J connectivity index is 0.000000153. The molecule has 0 saturated carbocycles. The van der Waals surface area contributed by atoms with Gasteiger partial charge in [0.15, 0.2) is 5.78 Å². The minimum absolute atomic E-state index is 0.0537. The highest BCUT2D eigenvalue weighted by atomic mass is 32.2. The topological polar surface area (TPSA) is 49.3 Å². The molecule has 0 aliphatic heterocycles. The summed E-state index contributed by atoms with van der Waals surface area (Å²) in [5.41, 5.74) is 7.44. The molecule has 8 heteroatoms. The van der Waals surface area contributed by atoms with Crippen LogP contribution in [-0.4, -0.2) is 43.9 Å². The van der Waals surface area contributed by atoms with Crippen LogP contribution in [0.4, 0.5) is 11.4 Å². The number of hydrogen-bond donors (Lipinski definition) is 1. The number of ketones is 1. The van der Waals surface area contributed by atoms with Gasteiger partial charge in [0.1, 0.15) is 4.34 Å². The van der Waals surface area contributed by atoms with E-state index in [2.05, 4.69) is 28.7 Å². The monoisotopic (exact) mass is 570 g/mol. The number of thiol groups is 1. The Morgan fingerprint density at radius 1 is 0.718 bits per heavy atom. The van der Waals surface area contributed by atoms with Gasteiger partial charge in [0.05, 0.1) is 37.3 Å². The van der Waals surface area contributed by atoms with E-state index in [1.54, 1.807) is 22.7 Å². The smallest absolute Gasteiger partial charge is 0.195 e. The molecule has 0 saturated heterocycles. The first-order valence-electron chi connectivity index (χ1n) is 12.3. The second-order valence-corrected chi connectivity index (χ2v) is 11.6. The molecule has 0 atom stereocenters. The number of thiazole rings is 2. The Labute approximate surface area is 242 Å². The van der Waals surface area contributed by atoms with Crippen LogP contribution in [0.1, 0.15) is 15.9 Å². The molecule has 0 spiro atoms. The summed E-state index contributed by atoms with van der Waals surface area (Å²) in [6, 6.07) is 31.4. The fraction of sp³-hybridized carbons (Fsp3) is 0.129. The van der Waals surface area contributed by atoms with Gasteiger partial charge < -0.3 is 9.80 Å². The SMILES string of the molecule is CN(C)c1cccc(C(=O)c2ccccc2)c1N(C)C.Sc1nc2ccccc2s1.c1ccc2scnc2c1. The first-order valence-corrected chi connectivity index (χ1v) is 14.4. The van der Waals surface area contributed by atoms with Crippen molar-refractivity contribution in [3.05, 3.63) is 114 Å². The van der Waals surface area contributed by atoms with E-state index in [-0.39, 0.29) is 5.78 Å². The number of aromatic nitrogens is 2. The highest BCUT2D eigenvalue weighted by molar-refractivity contribution is 7.82. The van der Waals surface area contributed by atoms with Gasteiger partial charge >= 0.3 is 0 Å². The fourth-order valence-corrected chi connectivity index (χ4v) is 5.74. The molecule has 0 amide bonds. The molecule has 0 unspecified atom stereocenters. The number of carbonyl (C=O) groups excluding carboxylic acids is 1. The van der Waals surface area contributed by atoms with E-state index in [1.807, 2.05) is 134 Å². The van der Waals surface area contributed by atoms with E-state index in [1.165, 1.54) is 9.40 Å². The van der Waals surface area contributed by atoms with Gasteiger partial charge in [-0.15, -0.1) is 35.3 Å². The van der Waals surface area contributed by atoms with Crippen molar-refractivity contribution in [3.63, 3.8) is 0 Å². The van der Waals surface area contributed by atoms with Crippen LogP contribution in [-0.2, 0) is 0 Å². The van der Waals surface area contributed by atoms with Crippen molar-refractivity contribution in [2.24, 2.45) is 0 Å². The lowest BCUT2D eigenvalue weighted by atomic mass is 10.00. The molecular formula is C31H30N4OS3. The standard InChI is InChI=1S/C17H20N2O.C7H5NS2.C7H5NS/c1-18(2)15-12-8-11-14(16(15)19(3)4)17(20)13-9-6-5-7-10-13;9-7-8-5-3-1-2-4-6(5)10-7;1-2-4-7-6(3-1)8-5-9-7/h5-12H,1-4H3;1-4H,(H,8,9);1-5H. The van der Waals surface area contributed by atoms with Crippen molar-refractivity contribution in [3.8, 4) is 0 Å². The third-order valence-corrected chi connectivity index (χ3v) is 7.77. The van der Waals surface area contributed by atoms with Gasteiger partial charge in [-0.25, -0.2) is 9.97 Å². The second-order valence-electron chi connectivity index (χ2n) is 8.94. The molecule has 0 fully saturated rings. The van der Waals surface area contributed by atoms with Crippen LogP contribution in [0.15, 0.2) is 107 Å². The van der Waals surface area contributed by atoms with Gasteiger partial charge in [-0.2, -0.15) is 0 Å². The maximum absolute atomic E-state index is 12.7. The molecule has 6 rings (SSSR count). The number of fused-ring (bicyclic) bond motifs is 2. The maximum Gasteiger partial charge on any atom is 0.195 e. The van der Waals surface area contributed by atoms with Gasteiger partial charge in [-0.3, -0.25) is 4.79 Å². The number of rotatable bonds is 4. The molecule has 5 nitrogen and oxygen atoms in total. The minimum atomic E-state index is 0.0537. The molecule has 0 aliphatic carbocycles. The first kappa shape index (κ1) is 28.3. The average Bonchev–Trinajstić information content (AvgIpc) is 3.59. The van der Waals surface area contributed by atoms with Crippen LogP contribution in [0, 0.1) is 0 Å². The lowest BCUT2D eigenvalue weighted by Gasteiger charge is -2.25. The minimum Gasteiger partial charge on any atom is -0.376 e. The highest BCUT2D eigenvalue weighted by Crippen LogP contribution is 2.32. The zero-order valence-electron chi connectivity index (χ0n) is 22.3. The Morgan fingerprint density at radius 2 is 1.36 bits per heavy atom. The van der Waals surface area contributed by atoms with Crippen molar-refractivity contribution in [1.82, 2.24) is 9.97 Å². The van der Waals surface area contributed by atoms with E-state index in [0.29, 0.717) is 5.56 Å². The predicted octanol–water partition coefficient (Wildman–Crippen LogP) is 7.93. The number of nitrogens with zero attached hydrogens (tertiary/aromatic N) is 4. The lowest BCUT2D eigenvalue weighted by Crippen LogP contribution is -2.20. The highest BCUT2D eigenvalue weighted by Gasteiger charge is 2.18. The van der Waals surface area contributed by atoms with Gasteiger partial charge in [0.25, 0.3) is 0 Å². The Kier molecular flexibility index (Phi) is 9.70. The molecule has 2 heterocycles. The normalized spacial score (nSPS) is 10.3. The lowest BCUT2D eigenvalue weighted by molar-refractivity contribution is 0.103. The summed E-state index contributed by atoms with van der Waals surface area (Å²) in [5.74, 6) is 0.0537. The summed E-state index contributed by atoms with van der Waals surface area (Å²) < 4.78 is 3.30. The third-order valence-electron chi connectivity index (χ3n) is 5.74. The van der Waals surface area contributed by atoms with Crippen LogP contribution >= 0.6 is 35.3 Å². The number of para-hydroxylation sites is 3. The molecule has 0 bridgehead atoms. The largest absolute Gasteiger partial charge is 0.376 e. The molecule has 0 N–H and O–H groups in total. The van der Waals surface area contributed by atoms with E-state index >= 15 is 0 Å². The summed E-state index contributed by atoms with van der Waals surface area (Å²) in [4.78, 5) is 25.1. The van der Waals surface area contributed by atoms with Crippen LogP contribution < -0.4 is 9.80 Å². The van der Waals surface area contributed by atoms with E-state index in [9.17, 15) is 4.79 Å². The summed E-state index contributed by atoms with van der Waals surface area (Å²) in [7, 11) is 7.90. The van der Waals surface area contributed by atoms with E-state index < -0.39 is 0 Å². The van der Waals surface area contributed by atoms with Crippen molar-refractivity contribution >= 4 is 72.9 Å². The van der Waals surface area contributed by atoms with Crippen LogP contribution in [0.25, 0.3) is 20.4 Å².